The summed E-state index contributed by atoms with van der Waals surface area (Å²) in [5.41, 5.74) is 0. The summed E-state index contributed by atoms with van der Waals surface area (Å²) < 4.78 is 0. The molecule has 0 aromatic heterocycles. The molecule has 0 aliphatic heterocycles. The third-order valence-electron chi connectivity index (χ3n) is 4.97. The van der Waals surface area contributed by atoms with Gasteiger partial charge >= 0.3 is 0 Å². The minimum absolute atomic E-state index is 1.16. The Morgan fingerprint density at radius 3 is 0.667 bits per heavy atom. The van der Waals surface area contributed by atoms with Crippen molar-refractivity contribution in [3.05, 3.63) is 0 Å². The second-order valence-corrected chi connectivity index (χ2v) is 5.35. The van der Waals surface area contributed by atoms with E-state index in [2.05, 4.69) is 0 Å². The predicted molar refractivity (Wildman–Crippen MR) is 50.9 cm³/mol. The van der Waals surface area contributed by atoms with E-state index in [1.54, 1.807) is 51.4 Å². The molecule has 12 heavy (non-hydrogen) atoms. The summed E-state index contributed by atoms with van der Waals surface area (Å²) in [6.45, 7) is 0. The maximum Gasteiger partial charge on any atom is -0.0386 e. The molecule has 0 saturated heterocycles. The first-order valence-electron chi connectivity index (χ1n) is 5.93. The van der Waals surface area contributed by atoms with Crippen molar-refractivity contribution in [3.63, 3.8) is 0 Å². The highest BCUT2D eigenvalue weighted by Gasteiger charge is 2.38. The fraction of sp³-hybridized carbons (Fsp3) is 1.00. The molecule has 4 aliphatic carbocycles. The molecule has 0 N–H and O–H groups in total. The highest BCUT2D eigenvalue weighted by Crippen LogP contribution is 2.50. The van der Waals surface area contributed by atoms with Gasteiger partial charge in [-0.05, 0) is 75.0 Å². The van der Waals surface area contributed by atoms with Gasteiger partial charge in [0.2, 0.25) is 0 Å². The van der Waals surface area contributed by atoms with Crippen LogP contribution in [0.2, 0.25) is 0 Å². The second kappa shape index (κ2) is 2.75. The lowest BCUT2D eigenvalue weighted by Crippen LogP contribution is -2.11. The fourth-order valence-corrected chi connectivity index (χ4v) is 4.18. The molecule has 0 nitrogen and oxygen atoms in total. The molecule has 4 fully saturated rings. The lowest BCUT2D eigenvalue weighted by atomic mass is 9.84. The van der Waals surface area contributed by atoms with Gasteiger partial charge in [0.15, 0.2) is 0 Å². The monoisotopic (exact) mass is 164 g/mol. The van der Waals surface area contributed by atoms with Gasteiger partial charge in [-0.1, -0.05) is 0 Å². The van der Waals surface area contributed by atoms with E-state index < -0.39 is 0 Å². The molecular formula is C12H20. The van der Waals surface area contributed by atoms with Gasteiger partial charge in [-0.3, -0.25) is 0 Å². The van der Waals surface area contributed by atoms with Crippen LogP contribution in [-0.4, -0.2) is 0 Å². The van der Waals surface area contributed by atoms with Crippen molar-refractivity contribution in [2.75, 3.05) is 0 Å². The Balaban J connectivity index is 1.95. The molecule has 0 heteroatoms. The van der Waals surface area contributed by atoms with Gasteiger partial charge in [0.1, 0.15) is 0 Å². The van der Waals surface area contributed by atoms with Crippen LogP contribution in [-0.2, 0) is 0 Å². The maximum absolute atomic E-state index is 1.59. The Hall–Kier alpha value is 0. The molecule has 0 heterocycles. The molecule has 4 rings (SSSR count). The highest BCUT2D eigenvalue weighted by atomic mass is 14.4. The third-order valence-corrected chi connectivity index (χ3v) is 4.97. The summed E-state index contributed by atoms with van der Waals surface area (Å²) in [6.07, 6.45) is 12.7. The number of hydrogen-bond donors (Lipinski definition) is 0. The molecule has 68 valence electrons. The van der Waals surface area contributed by atoms with E-state index in [9.17, 15) is 0 Å². The van der Waals surface area contributed by atoms with E-state index >= 15 is 0 Å². The van der Waals surface area contributed by atoms with E-state index in [0.29, 0.717) is 0 Å². The second-order valence-electron chi connectivity index (χ2n) is 5.35. The third kappa shape index (κ3) is 1.03. The molecule has 0 spiro atoms. The van der Waals surface area contributed by atoms with Crippen LogP contribution in [0.3, 0.4) is 0 Å². The summed E-state index contributed by atoms with van der Waals surface area (Å²) in [7, 11) is 0. The first-order valence-corrected chi connectivity index (χ1v) is 5.93. The molecule has 4 bridgehead atoms. The van der Waals surface area contributed by atoms with Crippen LogP contribution in [0.5, 0.6) is 0 Å². The molecular weight excluding hydrogens is 144 g/mol. The molecule has 4 aliphatic rings. The zero-order chi connectivity index (χ0) is 7.97. The van der Waals surface area contributed by atoms with E-state index in [1.807, 2.05) is 0 Å². The van der Waals surface area contributed by atoms with Crippen LogP contribution in [0.4, 0.5) is 0 Å². The largest absolute Gasteiger partial charge is 0.0499 e. The first-order chi connectivity index (χ1) is 5.93. The van der Waals surface area contributed by atoms with E-state index in [4.69, 9.17) is 0 Å². The van der Waals surface area contributed by atoms with E-state index in [1.165, 1.54) is 0 Å². The van der Waals surface area contributed by atoms with Crippen molar-refractivity contribution < 1.29 is 0 Å². The molecule has 0 amide bonds. The molecule has 4 saturated carbocycles. The average molecular weight is 164 g/mol. The zero-order valence-corrected chi connectivity index (χ0v) is 7.97. The van der Waals surface area contributed by atoms with Crippen LogP contribution < -0.4 is 0 Å². The van der Waals surface area contributed by atoms with E-state index in [-0.39, 0.29) is 0 Å². The average Bonchev–Trinajstić information content (AvgIpc) is 2.51. The minimum Gasteiger partial charge on any atom is -0.0499 e. The Labute approximate surface area is 75.7 Å². The Bertz CT molecular complexity index is 117. The van der Waals surface area contributed by atoms with Crippen molar-refractivity contribution >= 4 is 0 Å². The number of fused-ring (bicyclic) bond motifs is 4. The number of rotatable bonds is 0. The van der Waals surface area contributed by atoms with Crippen molar-refractivity contribution in [2.24, 2.45) is 23.7 Å². The summed E-state index contributed by atoms with van der Waals surface area (Å²) >= 11 is 0. The summed E-state index contributed by atoms with van der Waals surface area (Å²) in [5, 5.41) is 0. The zero-order valence-electron chi connectivity index (χ0n) is 7.97. The first kappa shape index (κ1) is 7.41. The van der Waals surface area contributed by atoms with Gasteiger partial charge in [0.25, 0.3) is 0 Å². The maximum atomic E-state index is 1.59. The van der Waals surface area contributed by atoms with Crippen molar-refractivity contribution in [1.29, 1.82) is 0 Å². The van der Waals surface area contributed by atoms with Crippen LogP contribution in [0.25, 0.3) is 0 Å². The van der Waals surface area contributed by atoms with Gasteiger partial charge in [-0.15, -0.1) is 0 Å². The standard InChI is InChI=1S/C12H20/c1-2-10-5-6-11-7-8-12(10)4-3-9(1)11/h9-12H,1-8H2. The van der Waals surface area contributed by atoms with Gasteiger partial charge in [0, 0.05) is 0 Å². The van der Waals surface area contributed by atoms with Crippen molar-refractivity contribution in [3.8, 4) is 0 Å². The summed E-state index contributed by atoms with van der Waals surface area (Å²) in [5.74, 6) is 4.62. The number of hydrogen-bond acceptors (Lipinski definition) is 0. The Kier molecular flexibility index (Phi) is 1.70. The van der Waals surface area contributed by atoms with Crippen molar-refractivity contribution in [2.45, 2.75) is 51.4 Å². The van der Waals surface area contributed by atoms with Crippen LogP contribution >= 0.6 is 0 Å². The Morgan fingerprint density at radius 2 is 0.500 bits per heavy atom. The highest BCUT2D eigenvalue weighted by molar-refractivity contribution is 4.89. The van der Waals surface area contributed by atoms with Crippen molar-refractivity contribution in [1.82, 2.24) is 0 Å². The summed E-state index contributed by atoms with van der Waals surface area (Å²) in [6, 6.07) is 0. The molecule has 0 atom stereocenters. The quantitative estimate of drug-likeness (QED) is 0.513. The lowest BCUT2D eigenvalue weighted by Gasteiger charge is -2.21. The van der Waals surface area contributed by atoms with Crippen LogP contribution in [0.15, 0.2) is 0 Å². The molecule has 0 aromatic rings. The minimum atomic E-state index is 1.16. The van der Waals surface area contributed by atoms with Gasteiger partial charge < -0.3 is 0 Å². The van der Waals surface area contributed by atoms with Crippen LogP contribution in [0.1, 0.15) is 51.4 Å². The van der Waals surface area contributed by atoms with Gasteiger partial charge in [-0.25, -0.2) is 0 Å². The lowest BCUT2D eigenvalue weighted by molar-refractivity contribution is 0.295. The topological polar surface area (TPSA) is 0 Å². The normalized spacial score (nSPS) is 52.0. The van der Waals surface area contributed by atoms with Crippen LogP contribution in [0, 0.1) is 23.7 Å². The van der Waals surface area contributed by atoms with Gasteiger partial charge in [-0.2, -0.15) is 0 Å². The summed E-state index contributed by atoms with van der Waals surface area (Å²) in [4.78, 5) is 0. The molecule has 0 aromatic carbocycles. The fourth-order valence-electron chi connectivity index (χ4n) is 4.18. The van der Waals surface area contributed by atoms with E-state index in [0.717, 1.165) is 23.7 Å². The SMILES string of the molecule is C1CC2CCC3CCC2CCC13. The van der Waals surface area contributed by atoms with Gasteiger partial charge in [0.05, 0.1) is 0 Å². The molecule has 0 radical (unpaired) electrons. The smallest absolute Gasteiger partial charge is 0.0386 e. The predicted octanol–water partition coefficient (Wildman–Crippen LogP) is 3.61. The Morgan fingerprint density at radius 1 is 0.333 bits per heavy atom. The molecule has 0 unspecified atom stereocenters.